The molecule has 132 valence electrons. The number of anilines is 1. The summed E-state index contributed by atoms with van der Waals surface area (Å²) in [4.78, 5) is 16.3. The molecule has 2 amide bonds. The van der Waals surface area contributed by atoms with Crippen molar-refractivity contribution in [3.8, 4) is 0 Å². The number of carbonyl (C=O) groups excluding carboxylic acids is 1. The second-order valence-electron chi connectivity index (χ2n) is 6.91. The van der Waals surface area contributed by atoms with E-state index in [-0.39, 0.29) is 12.1 Å². The smallest absolute Gasteiger partial charge is 0.317 e. The molecule has 1 aromatic rings. The van der Waals surface area contributed by atoms with Gasteiger partial charge in [0.2, 0.25) is 0 Å². The van der Waals surface area contributed by atoms with Gasteiger partial charge in [0.25, 0.3) is 0 Å². The van der Waals surface area contributed by atoms with E-state index in [1.165, 1.54) is 5.69 Å². The number of rotatable bonds is 4. The number of aliphatic hydroxyl groups is 1. The molecule has 1 atom stereocenters. The summed E-state index contributed by atoms with van der Waals surface area (Å²) in [6, 6.07) is 10.3. The zero-order chi connectivity index (χ0) is 17.0. The first kappa shape index (κ1) is 17.0. The Bertz CT molecular complexity index is 546. The van der Waals surface area contributed by atoms with Gasteiger partial charge >= 0.3 is 6.03 Å². The molecule has 24 heavy (non-hydrogen) atoms. The molecule has 0 spiro atoms. The fraction of sp³-hybridized carbons (Fsp3) is 0.611. The number of ether oxygens (including phenoxy) is 1. The largest absolute Gasteiger partial charge is 0.388 e. The Morgan fingerprint density at radius 2 is 2.08 bits per heavy atom. The Kier molecular flexibility index (Phi) is 5.26. The van der Waals surface area contributed by atoms with E-state index >= 15 is 0 Å². The third-order valence-electron chi connectivity index (χ3n) is 4.94. The Morgan fingerprint density at radius 3 is 2.79 bits per heavy atom. The number of hydrogen-bond acceptors (Lipinski definition) is 4. The molecule has 6 nitrogen and oxygen atoms in total. The predicted molar refractivity (Wildman–Crippen MR) is 93.2 cm³/mol. The molecule has 2 heterocycles. The fourth-order valence-corrected chi connectivity index (χ4v) is 3.46. The summed E-state index contributed by atoms with van der Waals surface area (Å²) < 4.78 is 5.28. The molecule has 2 aliphatic rings. The van der Waals surface area contributed by atoms with Gasteiger partial charge in [-0.25, -0.2) is 4.79 Å². The molecule has 0 aliphatic carbocycles. The first-order chi connectivity index (χ1) is 11.6. The molecule has 2 aliphatic heterocycles. The number of likely N-dealkylation sites (N-methyl/N-ethyl adjacent to an activating group) is 1. The zero-order valence-corrected chi connectivity index (χ0v) is 14.3. The standard InChI is InChI=1S/C18H27N3O3/c1-20(14-18(23)8-11-24-12-9-18)17(22)19-15-7-10-21(13-15)16-5-3-2-4-6-16/h2-6,15,23H,7-14H2,1H3,(H,19,22). The lowest BCUT2D eigenvalue weighted by Crippen LogP contribution is -2.51. The lowest BCUT2D eigenvalue weighted by Gasteiger charge is -2.35. The summed E-state index contributed by atoms with van der Waals surface area (Å²) >= 11 is 0. The van der Waals surface area contributed by atoms with Crippen LogP contribution >= 0.6 is 0 Å². The van der Waals surface area contributed by atoms with Crippen LogP contribution in [0.5, 0.6) is 0 Å². The van der Waals surface area contributed by atoms with E-state index in [9.17, 15) is 9.90 Å². The summed E-state index contributed by atoms with van der Waals surface area (Å²) in [6.07, 6.45) is 2.10. The van der Waals surface area contributed by atoms with Gasteiger partial charge in [-0.15, -0.1) is 0 Å². The van der Waals surface area contributed by atoms with Gasteiger partial charge in [-0.05, 0) is 18.6 Å². The van der Waals surface area contributed by atoms with Crippen LogP contribution in [0, 0.1) is 0 Å². The van der Waals surface area contributed by atoms with Crippen molar-refractivity contribution in [2.45, 2.75) is 30.9 Å². The van der Waals surface area contributed by atoms with Crippen LogP contribution in [-0.2, 0) is 4.74 Å². The predicted octanol–water partition coefficient (Wildman–Crippen LogP) is 1.45. The summed E-state index contributed by atoms with van der Waals surface area (Å²) in [6.45, 7) is 3.22. The van der Waals surface area contributed by atoms with Crippen LogP contribution in [0.1, 0.15) is 19.3 Å². The van der Waals surface area contributed by atoms with Crippen molar-refractivity contribution in [3.63, 3.8) is 0 Å². The minimum atomic E-state index is -0.823. The van der Waals surface area contributed by atoms with Crippen molar-refractivity contribution in [2.24, 2.45) is 0 Å². The van der Waals surface area contributed by atoms with Crippen molar-refractivity contribution in [2.75, 3.05) is 44.8 Å². The molecule has 3 rings (SSSR count). The lowest BCUT2D eigenvalue weighted by molar-refractivity contribution is -0.0723. The van der Waals surface area contributed by atoms with Crippen molar-refractivity contribution in [1.29, 1.82) is 0 Å². The molecular formula is C18H27N3O3. The number of benzene rings is 1. The molecule has 0 aromatic heterocycles. The van der Waals surface area contributed by atoms with Gasteiger partial charge < -0.3 is 25.0 Å². The van der Waals surface area contributed by atoms with Crippen molar-refractivity contribution >= 4 is 11.7 Å². The summed E-state index contributed by atoms with van der Waals surface area (Å²) in [7, 11) is 1.74. The van der Waals surface area contributed by atoms with E-state index in [0.717, 1.165) is 19.5 Å². The summed E-state index contributed by atoms with van der Waals surface area (Å²) in [5, 5.41) is 13.6. The molecule has 0 radical (unpaired) electrons. The molecule has 2 N–H and O–H groups in total. The number of carbonyl (C=O) groups is 1. The normalized spacial score (nSPS) is 23.1. The van der Waals surface area contributed by atoms with E-state index in [2.05, 4.69) is 22.3 Å². The Labute approximate surface area is 143 Å². The molecule has 0 bridgehead atoms. The number of amides is 2. The second kappa shape index (κ2) is 7.40. The van der Waals surface area contributed by atoms with Crippen LogP contribution in [0.3, 0.4) is 0 Å². The van der Waals surface area contributed by atoms with Crippen molar-refractivity contribution in [3.05, 3.63) is 30.3 Å². The van der Waals surface area contributed by atoms with E-state index in [1.807, 2.05) is 18.2 Å². The average molecular weight is 333 g/mol. The SMILES string of the molecule is CN(CC1(O)CCOCC1)C(=O)NC1CCN(c2ccccc2)C1. The van der Waals surface area contributed by atoms with Crippen molar-refractivity contribution < 1.29 is 14.6 Å². The van der Waals surface area contributed by atoms with Gasteiger partial charge in [-0.2, -0.15) is 0 Å². The maximum absolute atomic E-state index is 12.4. The maximum Gasteiger partial charge on any atom is 0.317 e. The van der Waals surface area contributed by atoms with Crippen LogP contribution < -0.4 is 10.2 Å². The maximum atomic E-state index is 12.4. The van der Waals surface area contributed by atoms with Crippen LogP contribution in [0.15, 0.2) is 30.3 Å². The molecular weight excluding hydrogens is 306 g/mol. The Hall–Kier alpha value is -1.79. The van der Waals surface area contributed by atoms with Gasteiger partial charge in [0, 0.05) is 57.9 Å². The van der Waals surface area contributed by atoms with Gasteiger partial charge in [0.1, 0.15) is 0 Å². The summed E-state index contributed by atoms with van der Waals surface area (Å²) in [5.41, 5.74) is 0.370. The highest BCUT2D eigenvalue weighted by Crippen LogP contribution is 2.22. The topological polar surface area (TPSA) is 65.0 Å². The highest BCUT2D eigenvalue weighted by molar-refractivity contribution is 5.74. The number of urea groups is 1. The van der Waals surface area contributed by atoms with Gasteiger partial charge in [0.15, 0.2) is 0 Å². The first-order valence-corrected chi connectivity index (χ1v) is 8.67. The monoisotopic (exact) mass is 333 g/mol. The quantitative estimate of drug-likeness (QED) is 0.875. The third kappa shape index (κ3) is 4.19. The van der Waals surface area contributed by atoms with E-state index in [1.54, 1.807) is 11.9 Å². The lowest BCUT2D eigenvalue weighted by atomic mass is 9.94. The fourth-order valence-electron chi connectivity index (χ4n) is 3.46. The molecule has 2 saturated heterocycles. The molecule has 1 unspecified atom stereocenters. The number of hydrogen-bond donors (Lipinski definition) is 2. The molecule has 0 saturated carbocycles. The van der Waals surface area contributed by atoms with E-state index in [0.29, 0.717) is 32.6 Å². The van der Waals surface area contributed by atoms with Gasteiger partial charge in [-0.1, -0.05) is 18.2 Å². The van der Waals surface area contributed by atoms with Crippen LogP contribution in [0.4, 0.5) is 10.5 Å². The van der Waals surface area contributed by atoms with E-state index in [4.69, 9.17) is 4.74 Å². The average Bonchev–Trinajstić information content (AvgIpc) is 3.04. The first-order valence-electron chi connectivity index (χ1n) is 8.67. The van der Waals surface area contributed by atoms with Crippen LogP contribution in [0.25, 0.3) is 0 Å². The Morgan fingerprint density at radius 1 is 1.38 bits per heavy atom. The van der Waals surface area contributed by atoms with Crippen LogP contribution in [-0.4, -0.2) is 67.6 Å². The number of para-hydroxylation sites is 1. The number of nitrogens with zero attached hydrogens (tertiary/aromatic N) is 2. The Balaban J connectivity index is 1.48. The van der Waals surface area contributed by atoms with E-state index < -0.39 is 5.60 Å². The number of nitrogens with one attached hydrogen (secondary N) is 1. The highest BCUT2D eigenvalue weighted by atomic mass is 16.5. The van der Waals surface area contributed by atoms with Crippen molar-refractivity contribution in [1.82, 2.24) is 10.2 Å². The van der Waals surface area contributed by atoms with Crippen LogP contribution in [0.2, 0.25) is 0 Å². The second-order valence-corrected chi connectivity index (χ2v) is 6.91. The minimum absolute atomic E-state index is 0.116. The van der Waals surface area contributed by atoms with Gasteiger partial charge in [-0.3, -0.25) is 0 Å². The zero-order valence-electron chi connectivity index (χ0n) is 14.3. The van der Waals surface area contributed by atoms with Gasteiger partial charge in [0.05, 0.1) is 12.1 Å². The summed E-state index contributed by atoms with van der Waals surface area (Å²) in [5.74, 6) is 0. The third-order valence-corrected chi connectivity index (χ3v) is 4.94. The highest BCUT2D eigenvalue weighted by Gasteiger charge is 2.33. The minimum Gasteiger partial charge on any atom is -0.388 e. The molecule has 6 heteroatoms. The molecule has 2 fully saturated rings. The molecule has 1 aromatic carbocycles.